The van der Waals surface area contributed by atoms with Crippen LogP contribution in [-0.2, 0) is 19.4 Å². The zero-order valence-electron chi connectivity index (χ0n) is 16.7. The zero-order chi connectivity index (χ0) is 22.5. The topological polar surface area (TPSA) is 102 Å². The van der Waals surface area contributed by atoms with Gasteiger partial charge in [-0.15, -0.1) is 0 Å². The fourth-order valence-electron chi connectivity index (χ4n) is 2.61. The van der Waals surface area contributed by atoms with Gasteiger partial charge >= 0.3 is 0 Å². The number of carbonyl (C=O) groups excluding carboxylic acids is 2. The van der Waals surface area contributed by atoms with Crippen LogP contribution in [0.15, 0.2) is 41.3 Å². The van der Waals surface area contributed by atoms with Crippen LogP contribution in [0.5, 0.6) is 0 Å². The average Bonchev–Trinajstić information content (AvgIpc) is 2.68. The summed E-state index contributed by atoms with van der Waals surface area (Å²) in [5, 5.41) is 5.54. The molecule has 2 N–H and O–H groups in total. The van der Waals surface area contributed by atoms with Gasteiger partial charge in [-0.05, 0) is 49.7 Å². The number of nitrogens with one attached hydrogen (secondary N) is 2. The summed E-state index contributed by atoms with van der Waals surface area (Å²) in [6.45, 7) is 4.04. The van der Waals surface area contributed by atoms with Crippen LogP contribution in [0.1, 0.15) is 30.6 Å². The van der Waals surface area contributed by atoms with E-state index >= 15 is 0 Å². The molecule has 7 nitrogen and oxygen atoms in total. The molecule has 0 aliphatic carbocycles. The highest BCUT2D eigenvalue weighted by Crippen LogP contribution is 2.34. The summed E-state index contributed by atoms with van der Waals surface area (Å²) in [5.74, 6) is -0.840. The molecule has 0 spiro atoms. The van der Waals surface area contributed by atoms with Gasteiger partial charge in [0.15, 0.2) is 9.84 Å². The van der Waals surface area contributed by atoms with Gasteiger partial charge in [-0.1, -0.05) is 30.1 Å². The molecule has 0 saturated carbocycles. The molecule has 2 aromatic rings. The van der Waals surface area contributed by atoms with Gasteiger partial charge in [0, 0.05) is 24.1 Å². The minimum Gasteiger partial charge on any atom is -0.369 e. The second kappa shape index (κ2) is 10.3. The highest BCUT2D eigenvalue weighted by Gasteiger charge is 2.19. The third kappa shape index (κ3) is 6.18. The predicted molar refractivity (Wildman–Crippen MR) is 118 cm³/mol. The molecule has 2 amide bonds. The Bertz CT molecular complexity index is 1020. The molecule has 0 aliphatic heterocycles. The summed E-state index contributed by atoms with van der Waals surface area (Å²) in [5.41, 5.74) is 0.767. The van der Waals surface area contributed by atoms with Crippen molar-refractivity contribution in [3.05, 3.63) is 52.0 Å². The van der Waals surface area contributed by atoms with E-state index in [-0.39, 0.29) is 32.1 Å². The van der Waals surface area contributed by atoms with Crippen LogP contribution in [0.3, 0.4) is 0 Å². The average molecular weight is 473 g/mol. The van der Waals surface area contributed by atoms with Crippen molar-refractivity contribution in [2.75, 3.05) is 23.5 Å². The first-order chi connectivity index (χ1) is 14.1. The predicted octanol–water partition coefficient (Wildman–Crippen LogP) is 4.40. The summed E-state index contributed by atoms with van der Waals surface area (Å²) in [7, 11) is -3.36. The number of carbonyl (C=O) groups is 2. The number of ether oxygens (including phenoxy) is 1. The van der Waals surface area contributed by atoms with Crippen LogP contribution >= 0.6 is 23.2 Å². The molecule has 0 aromatic heterocycles. The summed E-state index contributed by atoms with van der Waals surface area (Å²) in [4.78, 5) is 24.8. The molecule has 2 rings (SSSR count). The number of benzene rings is 2. The highest BCUT2D eigenvalue weighted by molar-refractivity contribution is 7.90. The van der Waals surface area contributed by atoms with Crippen molar-refractivity contribution in [2.45, 2.75) is 31.3 Å². The van der Waals surface area contributed by atoms with Crippen LogP contribution < -0.4 is 10.6 Å². The first kappa shape index (κ1) is 24.1. The fraction of sp³-hybridized carbons (Fsp3) is 0.300. The van der Waals surface area contributed by atoms with Crippen molar-refractivity contribution in [3.8, 4) is 0 Å². The lowest BCUT2D eigenvalue weighted by Crippen LogP contribution is -2.29. The normalized spacial score (nSPS) is 12.3. The maximum atomic E-state index is 12.5. The molecule has 0 heterocycles. The lowest BCUT2D eigenvalue weighted by molar-refractivity contribution is -0.127. The van der Waals surface area contributed by atoms with Crippen LogP contribution in [0.4, 0.5) is 11.4 Å². The molecule has 0 aliphatic rings. The highest BCUT2D eigenvalue weighted by atomic mass is 35.5. The molecule has 30 heavy (non-hydrogen) atoms. The maximum absolute atomic E-state index is 12.5. The molecular weight excluding hydrogens is 451 g/mol. The van der Waals surface area contributed by atoms with Gasteiger partial charge in [0.2, 0.25) is 0 Å². The molecule has 0 saturated heterocycles. The summed E-state index contributed by atoms with van der Waals surface area (Å²) < 4.78 is 28.4. The Morgan fingerprint density at radius 2 is 1.60 bits per heavy atom. The lowest BCUT2D eigenvalue weighted by atomic mass is 10.2. The number of hydrogen-bond acceptors (Lipinski definition) is 5. The molecular formula is C20H22Cl2N2O5S. The lowest BCUT2D eigenvalue weighted by Gasteiger charge is -2.16. The monoisotopic (exact) mass is 472 g/mol. The van der Waals surface area contributed by atoms with E-state index in [1.807, 2.05) is 6.92 Å². The Kier molecular flexibility index (Phi) is 8.25. The Labute approximate surface area is 185 Å². The third-order valence-electron chi connectivity index (χ3n) is 4.12. The number of sulfone groups is 1. The van der Waals surface area contributed by atoms with E-state index in [0.29, 0.717) is 18.7 Å². The smallest absolute Gasteiger partial charge is 0.255 e. The summed E-state index contributed by atoms with van der Waals surface area (Å²) in [6, 6.07) is 8.39. The van der Waals surface area contributed by atoms with Gasteiger partial charge in [-0.25, -0.2) is 8.42 Å². The second-order valence-corrected chi connectivity index (χ2v) is 9.24. The van der Waals surface area contributed by atoms with Gasteiger partial charge in [-0.3, -0.25) is 9.59 Å². The van der Waals surface area contributed by atoms with E-state index < -0.39 is 21.8 Å². The van der Waals surface area contributed by atoms with Gasteiger partial charge in [0.25, 0.3) is 11.8 Å². The molecule has 1 atom stereocenters. The summed E-state index contributed by atoms with van der Waals surface area (Å²) >= 11 is 12.5. The second-order valence-electron chi connectivity index (χ2n) is 6.41. The number of hydrogen-bond donors (Lipinski definition) is 2. The van der Waals surface area contributed by atoms with E-state index in [1.165, 1.54) is 36.4 Å². The van der Waals surface area contributed by atoms with Gasteiger partial charge in [0.1, 0.15) is 6.10 Å². The molecule has 0 bridgehead atoms. The quantitative estimate of drug-likeness (QED) is 0.592. The van der Waals surface area contributed by atoms with E-state index in [1.54, 1.807) is 6.92 Å². The maximum Gasteiger partial charge on any atom is 0.255 e. The Morgan fingerprint density at radius 3 is 2.07 bits per heavy atom. The first-order valence-corrected chi connectivity index (χ1v) is 11.7. The Morgan fingerprint density at radius 1 is 1.03 bits per heavy atom. The summed E-state index contributed by atoms with van der Waals surface area (Å²) in [6.07, 6.45) is 0.994. The SMILES string of the molecule is CCOC(CC)C(=O)Nc1cc(Cl)c(NC(=O)c2ccc(S(C)(=O)=O)cc2)c(Cl)c1. The third-order valence-corrected chi connectivity index (χ3v) is 5.85. The van der Waals surface area contributed by atoms with Gasteiger partial charge in [-0.2, -0.15) is 0 Å². The molecule has 0 fully saturated rings. The molecule has 0 radical (unpaired) electrons. The minimum absolute atomic E-state index is 0.104. The minimum atomic E-state index is -3.36. The standard InChI is InChI=1S/C20H22Cl2N2O5S/c1-4-17(29-5-2)20(26)23-13-10-15(21)18(16(22)11-13)24-19(25)12-6-8-14(9-7-12)30(3,27)28/h6-11,17H,4-5H2,1-3H3,(H,23,26)(H,24,25). The van der Waals surface area contributed by atoms with Crippen LogP contribution in [0, 0.1) is 0 Å². The van der Waals surface area contributed by atoms with Crippen LogP contribution in [0.2, 0.25) is 10.0 Å². The van der Waals surface area contributed by atoms with Crippen molar-refractivity contribution in [1.29, 1.82) is 0 Å². The zero-order valence-corrected chi connectivity index (χ0v) is 19.0. The van der Waals surface area contributed by atoms with Gasteiger partial charge in [0.05, 0.1) is 20.6 Å². The molecule has 1 unspecified atom stereocenters. The molecule has 162 valence electrons. The van der Waals surface area contributed by atoms with Crippen molar-refractivity contribution in [2.24, 2.45) is 0 Å². The number of anilines is 2. The van der Waals surface area contributed by atoms with Crippen molar-refractivity contribution in [1.82, 2.24) is 0 Å². The van der Waals surface area contributed by atoms with E-state index in [4.69, 9.17) is 27.9 Å². The molecule has 10 heteroatoms. The van der Waals surface area contributed by atoms with Crippen molar-refractivity contribution >= 4 is 56.2 Å². The molecule has 2 aromatic carbocycles. The van der Waals surface area contributed by atoms with Gasteiger partial charge < -0.3 is 15.4 Å². The Balaban J connectivity index is 2.17. The van der Waals surface area contributed by atoms with E-state index in [0.717, 1.165) is 6.26 Å². The number of amides is 2. The van der Waals surface area contributed by atoms with Crippen molar-refractivity contribution in [3.63, 3.8) is 0 Å². The first-order valence-electron chi connectivity index (χ1n) is 9.09. The number of rotatable bonds is 8. The fourth-order valence-corrected chi connectivity index (χ4v) is 3.82. The van der Waals surface area contributed by atoms with Crippen molar-refractivity contribution < 1.29 is 22.7 Å². The number of halogens is 2. The van der Waals surface area contributed by atoms with E-state index in [9.17, 15) is 18.0 Å². The largest absolute Gasteiger partial charge is 0.369 e. The Hall–Kier alpha value is -2.13. The van der Waals surface area contributed by atoms with Crippen LogP contribution in [-0.4, -0.2) is 39.2 Å². The van der Waals surface area contributed by atoms with E-state index in [2.05, 4.69) is 10.6 Å². The van der Waals surface area contributed by atoms with Crippen LogP contribution in [0.25, 0.3) is 0 Å².